The molecule has 24 heavy (non-hydrogen) atoms. The molecule has 0 N–H and O–H groups in total. The zero-order valence-electron chi connectivity index (χ0n) is 16.2. The van der Waals surface area contributed by atoms with Gasteiger partial charge in [-0.3, -0.25) is 0 Å². The van der Waals surface area contributed by atoms with Crippen molar-refractivity contribution < 1.29 is 4.58 Å². The lowest BCUT2D eigenvalue weighted by Gasteiger charge is -2.24. The van der Waals surface area contributed by atoms with Gasteiger partial charge in [0.05, 0.1) is 5.41 Å². The fraction of sp³-hybridized carbons (Fsp3) is 0.435. The van der Waals surface area contributed by atoms with Crippen LogP contribution in [0.1, 0.15) is 58.1 Å². The molecule has 1 heterocycles. The van der Waals surface area contributed by atoms with Crippen LogP contribution in [0.15, 0.2) is 55.2 Å². The highest BCUT2D eigenvalue weighted by molar-refractivity contribution is 5.72. The number of benzene rings is 1. The molecule has 1 heteroatoms. The highest BCUT2D eigenvalue weighted by Gasteiger charge is 2.50. The van der Waals surface area contributed by atoms with Gasteiger partial charge in [0.15, 0.2) is 11.8 Å². The number of aryl methyl sites for hydroxylation is 1. The molecule has 0 bridgehead atoms. The molecule has 128 valence electrons. The third-order valence-electron chi connectivity index (χ3n) is 5.17. The fourth-order valence-electron chi connectivity index (χ4n) is 4.13. The summed E-state index contributed by atoms with van der Waals surface area (Å²) in [5, 5.41) is 0. The first-order valence-corrected chi connectivity index (χ1v) is 8.87. The van der Waals surface area contributed by atoms with Crippen molar-refractivity contribution in [3.63, 3.8) is 0 Å². The monoisotopic (exact) mass is 322 g/mol. The smallest absolute Gasteiger partial charge is 0.197 e. The number of nitrogens with zero attached hydrogens (tertiary/aromatic N) is 1. The molecule has 0 saturated carbocycles. The Balaban J connectivity index is 2.70. The van der Waals surface area contributed by atoms with Crippen molar-refractivity contribution in [2.24, 2.45) is 5.41 Å². The summed E-state index contributed by atoms with van der Waals surface area (Å²) < 4.78 is 2.50. The number of allylic oxidation sites excluding steroid dienone is 4. The van der Waals surface area contributed by atoms with Crippen LogP contribution in [0.2, 0.25) is 0 Å². The van der Waals surface area contributed by atoms with Crippen molar-refractivity contribution in [2.75, 3.05) is 0 Å². The first-order chi connectivity index (χ1) is 11.2. The first-order valence-electron chi connectivity index (χ1n) is 8.87. The summed E-state index contributed by atoms with van der Waals surface area (Å²) in [5.41, 5.74) is 5.36. The summed E-state index contributed by atoms with van der Waals surface area (Å²) in [7, 11) is 0. The minimum Gasteiger partial charge on any atom is -0.197 e. The maximum Gasteiger partial charge on any atom is 0.211 e. The Morgan fingerprint density at radius 2 is 1.88 bits per heavy atom. The molecule has 0 radical (unpaired) electrons. The van der Waals surface area contributed by atoms with E-state index in [-0.39, 0.29) is 11.0 Å². The first kappa shape index (κ1) is 18.4. The zero-order valence-corrected chi connectivity index (χ0v) is 16.2. The molecule has 1 aromatic carbocycles. The highest BCUT2D eigenvalue weighted by Crippen LogP contribution is 2.45. The van der Waals surface area contributed by atoms with Gasteiger partial charge in [-0.25, -0.2) is 0 Å². The van der Waals surface area contributed by atoms with Gasteiger partial charge in [0.2, 0.25) is 5.69 Å². The summed E-state index contributed by atoms with van der Waals surface area (Å²) in [4.78, 5) is 0. The van der Waals surface area contributed by atoms with E-state index in [9.17, 15) is 0 Å². The highest BCUT2D eigenvalue weighted by atomic mass is 15.1. The zero-order chi connectivity index (χ0) is 18.1. The van der Waals surface area contributed by atoms with E-state index in [1.54, 1.807) is 0 Å². The van der Waals surface area contributed by atoms with Gasteiger partial charge < -0.3 is 0 Å². The van der Waals surface area contributed by atoms with Gasteiger partial charge in [-0.1, -0.05) is 63.4 Å². The lowest BCUT2D eigenvalue weighted by Crippen LogP contribution is -2.30. The summed E-state index contributed by atoms with van der Waals surface area (Å²) in [5.74, 6) is 0.499. The molecule has 1 aliphatic rings. The maximum atomic E-state index is 4.02. The molecule has 0 aromatic heterocycles. The van der Waals surface area contributed by atoms with Crippen LogP contribution in [0.25, 0.3) is 0 Å². The van der Waals surface area contributed by atoms with E-state index < -0.39 is 0 Å². The Kier molecular flexibility index (Phi) is 5.03. The van der Waals surface area contributed by atoms with E-state index in [4.69, 9.17) is 0 Å². The van der Waals surface area contributed by atoms with Crippen molar-refractivity contribution in [3.05, 3.63) is 66.3 Å². The Morgan fingerprint density at radius 3 is 2.42 bits per heavy atom. The Hall–Kier alpha value is -1.89. The molecular formula is C23H32N+. The minimum absolute atomic E-state index is 0.0318. The molecule has 1 unspecified atom stereocenters. The van der Waals surface area contributed by atoms with E-state index in [1.807, 2.05) is 12.2 Å². The van der Waals surface area contributed by atoms with Gasteiger partial charge in [-0.2, -0.15) is 4.58 Å². The van der Waals surface area contributed by atoms with Gasteiger partial charge in [-0.15, -0.1) is 0 Å². The molecule has 1 atom stereocenters. The van der Waals surface area contributed by atoms with E-state index in [0.29, 0.717) is 5.92 Å². The predicted molar refractivity (Wildman–Crippen MR) is 107 cm³/mol. The predicted octanol–water partition coefficient (Wildman–Crippen LogP) is 6.32. The Labute approximate surface area is 148 Å². The van der Waals surface area contributed by atoms with Gasteiger partial charge in [0, 0.05) is 31.4 Å². The molecule has 1 nitrogen and oxygen atoms in total. The van der Waals surface area contributed by atoms with Crippen LogP contribution in [0.4, 0.5) is 5.69 Å². The van der Waals surface area contributed by atoms with Crippen LogP contribution < -0.4 is 0 Å². The summed E-state index contributed by atoms with van der Waals surface area (Å²) in [6.45, 7) is 21.6. The molecule has 2 rings (SSSR count). The van der Waals surface area contributed by atoms with Gasteiger partial charge in [0.25, 0.3) is 0 Å². The summed E-state index contributed by atoms with van der Waals surface area (Å²) in [6.07, 6.45) is 9.37. The average molecular weight is 323 g/mol. The van der Waals surface area contributed by atoms with Crippen molar-refractivity contribution in [2.45, 2.75) is 59.4 Å². The minimum atomic E-state index is -0.0318. The van der Waals surface area contributed by atoms with E-state index in [2.05, 4.69) is 89.8 Å². The van der Waals surface area contributed by atoms with Crippen LogP contribution in [-0.4, -0.2) is 16.3 Å². The number of hydrogen-bond acceptors (Lipinski definition) is 0. The Bertz CT molecular complexity index is 716. The molecule has 1 aliphatic heterocycles. The van der Waals surface area contributed by atoms with Crippen LogP contribution in [0, 0.1) is 12.3 Å². The summed E-state index contributed by atoms with van der Waals surface area (Å²) >= 11 is 0. The third-order valence-corrected chi connectivity index (χ3v) is 5.17. The van der Waals surface area contributed by atoms with Gasteiger partial charge >= 0.3 is 0 Å². The normalized spacial score (nSPS) is 23.3. The second-order valence-corrected chi connectivity index (χ2v) is 8.14. The van der Waals surface area contributed by atoms with Crippen molar-refractivity contribution >= 4 is 11.9 Å². The topological polar surface area (TPSA) is 3.01 Å². The maximum absolute atomic E-state index is 4.02. The largest absolute Gasteiger partial charge is 0.211 e. The quantitative estimate of drug-likeness (QED) is 0.441. The third kappa shape index (κ3) is 3.17. The van der Waals surface area contributed by atoms with Gasteiger partial charge in [-0.05, 0) is 25.3 Å². The van der Waals surface area contributed by atoms with E-state index in [0.717, 1.165) is 6.42 Å². The molecule has 0 fully saturated rings. The van der Waals surface area contributed by atoms with Crippen molar-refractivity contribution in [3.8, 4) is 0 Å². The SMILES string of the molecule is C=C/C=C(\C=C)C1(C)C=[N+](c2c(C)cccc2C(C)C)C(C)(C)C1. The fourth-order valence-corrected chi connectivity index (χ4v) is 4.13. The van der Waals surface area contributed by atoms with E-state index >= 15 is 0 Å². The molecule has 0 amide bonds. The average Bonchev–Trinajstić information content (AvgIpc) is 2.74. The molecule has 0 saturated heterocycles. The van der Waals surface area contributed by atoms with Crippen LogP contribution in [0.5, 0.6) is 0 Å². The molecule has 0 aliphatic carbocycles. The lowest BCUT2D eigenvalue weighted by molar-refractivity contribution is -0.512. The van der Waals surface area contributed by atoms with Crippen molar-refractivity contribution in [1.82, 2.24) is 0 Å². The second-order valence-electron chi connectivity index (χ2n) is 8.14. The molecular weight excluding hydrogens is 290 g/mol. The Morgan fingerprint density at radius 1 is 1.21 bits per heavy atom. The van der Waals surface area contributed by atoms with Crippen LogP contribution >= 0.6 is 0 Å². The molecule has 0 spiro atoms. The van der Waals surface area contributed by atoms with Gasteiger partial charge in [0.1, 0.15) is 0 Å². The van der Waals surface area contributed by atoms with Crippen LogP contribution in [-0.2, 0) is 0 Å². The standard InChI is InChI=1S/C23H32N/c1-9-12-19(10-2)23(8)15-22(6,7)24(16-23)21-18(5)13-11-14-20(21)17(3)4/h9-14,16-17H,1-2,15H2,3-8H3/q+1/b19-12+. The second kappa shape index (κ2) is 6.55. The number of hydrogen-bond donors (Lipinski definition) is 0. The lowest BCUT2D eigenvalue weighted by atomic mass is 9.77. The van der Waals surface area contributed by atoms with Crippen LogP contribution in [0.3, 0.4) is 0 Å². The number of para-hydroxylation sites is 1. The molecule has 1 aromatic rings. The van der Waals surface area contributed by atoms with E-state index in [1.165, 1.54) is 22.4 Å². The number of rotatable bonds is 5. The summed E-state index contributed by atoms with van der Waals surface area (Å²) in [6, 6.07) is 6.65. The van der Waals surface area contributed by atoms with Crippen molar-refractivity contribution in [1.29, 1.82) is 0 Å².